The van der Waals surface area contributed by atoms with Crippen molar-refractivity contribution in [2.45, 2.75) is 13.5 Å². The Labute approximate surface area is 163 Å². The number of rotatable bonds is 6. The highest BCUT2D eigenvalue weighted by Gasteiger charge is 2.09. The van der Waals surface area contributed by atoms with Crippen LogP contribution in [0.1, 0.15) is 21.6 Å². The Hall–Kier alpha value is -2.18. The van der Waals surface area contributed by atoms with Crippen LogP contribution in [0, 0.1) is 6.92 Å². The molecule has 0 aliphatic heterocycles. The van der Waals surface area contributed by atoms with Crippen LogP contribution in [0.3, 0.4) is 0 Å². The number of amides is 1. The first-order chi connectivity index (χ1) is 12.4. The van der Waals surface area contributed by atoms with Gasteiger partial charge in [-0.3, -0.25) is 9.79 Å². The molecule has 1 aromatic heterocycles. The molecule has 0 saturated heterocycles. The van der Waals surface area contributed by atoms with Gasteiger partial charge in [0.2, 0.25) is 0 Å². The molecule has 8 heteroatoms. The molecule has 140 valence electrons. The van der Waals surface area contributed by atoms with Crippen LogP contribution < -0.4 is 16.0 Å². The lowest BCUT2D eigenvalue weighted by Gasteiger charge is -2.13. The second-order valence-electron chi connectivity index (χ2n) is 5.81. The summed E-state index contributed by atoms with van der Waals surface area (Å²) in [4.78, 5) is 16.2. The van der Waals surface area contributed by atoms with E-state index >= 15 is 0 Å². The zero-order chi connectivity index (χ0) is 19.1. The van der Waals surface area contributed by atoms with Crippen molar-refractivity contribution >= 4 is 35.1 Å². The van der Waals surface area contributed by atoms with Gasteiger partial charge in [0.05, 0.1) is 11.6 Å². The third-order valence-electron chi connectivity index (χ3n) is 3.86. The van der Waals surface area contributed by atoms with Crippen LogP contribution in [0.25, 0.3) is 0 Å². The number of aliphatic imine (C=N–C) groups is 1. The molecule has 6 nitrogen and oxygen atoms in total. The first-order valence-corrected chi connectivity index (χ1v) is 8.97. The van der Waals surface area contributed by atoms with E-state index in [9.17, 15) is 4.79 Å². The zero-order valence-corrected chi connectivity index (χ0v) is 16.6. The van der Waals surface area contributed by atoms with Gasteiger partial charge in [0.25, 0.3) is 5.91 Å². The summed E-state index contributed by atoms with van der Waals surface area (Å²) in [6.45, 7) is 3.51. The number of aryl methyl sites for hydroxylation is 1. The number of carbonyl (C=O) groups excluding carboxylic acids is 1. The van der Waals surface area contributed by atoms with Crippen molar-refractivity contribution in [2.75, 3.05) is 20.1 Å². The van der Waals surface area contributed by atoms with E-state index in [1.165, 1.54) is 0 Å². The molecule has 1 amide bonds. The summed E-state index contributed by atoms with van der Waals surface area (Å²) in [7, 11) is 3.54. The molecular weight excluding hydrogens is 373 g/mol. The second kappa shape index (κ2) is 9.50. The number of nitrogens with one attached hydrogen (secondary N) is 3. The lowest BCUT2D eigenvalue weighted by Crippen LogP contribution is -2.41. The van der Waals surface area contributed by atoms with Gasteiger partial charge in [0, 0.05) is 38.4 Å². The zero-order valence-electron chi connectivity index (χ0n) is 15.1. The first kappa shape index (κ1) is 20.1. The number of benzene rings is 1. The van der Waals surface area contributed by atoms with Gasteiger partial charge in [-0.15, -0.1) is 0 Å². The van der Waals surface area contributed by atoms with E-state index in [1.807, 2.05) is 42.8 Å². The minimum atomic E-state index is -0.0912. The Morgan fingerprint density at radius 2 is 1.88 bits per heavy atom. The monoisotopic (exact) mass is 395 g/mol. The number of hydrogen-bond donors (Lipinski definition) is 3. The van der Waals surface area contributed by atoms with E-state index in [0.717, 1.165) is 11.3 Å². The molecular formula is C18H23Cl2N5O. The predicted molar refractivity (Wildman–Crippen MR) is 107 cm³/mol. The van der Waals surface area contributed by atoms with Crippen LogP contribution in [-0.2, 0) is 13.6 Å². The first-order valence-electron chi connectivity index (χ1n) is 8.21. The molecule has 2 aromatic rings. The van der Waals surface area contributed by atoms with Gasteiger partial charge in [0.1, 0.15) is 5.15 Å². The van der Waals surface area contributed by atoms with Crippen LogP contribution in [0.4, 0.5) is 0 Å². The van der Waals surface area contributed by atoms with Gasteiger partial charge in [-0.2, -0.15) is 0 Å². The van der Waals surface area contributed by atoms with Crippen molar-refractivity contribution in [1.82, 2.24) is 20.5 Å². The largest absolute Gasteiger partial charge is 0.355 e. The van der Waals surface area contributed by atoms with Gasteiger partial charge >= 0.3 is 0 Å². The van der Waals surface area contributed by atoms with Crippen molar-refractivity contribution in [3.8, 4) is 0 Å². The quantitative estimate of drug-likeness (QED) is 0.400. The van der Waals surface area contributed by atoms with Crippen molar-refractivity contribution in [2.24, 2.45) is 12.0 Å². The Morgan fingerprint density at radius 3 is 2.50 bits per heavy atom. The Balaban J connectivity index is 1.75. The van der Waals surface area contributed by atoms with Crippen LogP contribution in [0.2, 0.25) is 10.2 Å². The van der Waals surface area contributed by atoms with Gasteiger partial charge in [-0.05, 0) is 25.1 Å². The van der Waals surface area contributed by atoms with Crippen molar-refractivity contribution < 1.29 is 4.79 Å². The van der Waals surface area contributed by atoms with Gasteiger partial charge in [-0.1, -0.05) is 40.9 Å². The van der Waals surface area contributed by atoms with E-state index in [-0.39, 0.29) is 5.91 Å². The molecule has 0 radical (unpaired) electrons. The van der Waals surface area contributed by atoms with E-state index in [1.54, 1.807) is 13.1 Å². The van der Waals surface area contributed by atoms with Crippen LogP contribution >= 0.6 is 23.2 Å². The second-order valence-corrected chi connectivity index (χ2v) is 6.58. The maximum atomic E-state index is 12.1. The third-order valence-corrected chi connectivity index (χ3v) is 4.70. The molecule has 0 spiro atoms. The van der Waals surface area contributed by atoms with E-state index in [0.29, 0.717) is 41.3 Å². The maximum Gasteiger partial charge on any atom is 0.251 e. The van der Waals surface area contributed by atoms with Gasteiger partial charge < -0.3 is 20.5 Å². The van der Waals surface area contributed by atoms with Gasteiger partial charge in [-0.25, -0.2) is 0 Å². The minimum absolute atomic E-state index is 0.0912. The fraction of sp³-hybridized carbons (Fsp3) is 0.333. The molecule has 0 aliphatic rings. The molecule has 2 rings (SSSR count). The summed E-state index contributed by atoms with van der Waals surface area (Å²) in [5, 5.41) is 10.2. The topological polar surface area (TPSA) is 70.4 Å². The highest BCUT2D eigenvalue weighted by Crippen LogP contribution is 2.24. The standard InChI is InChI=1S/C18H23Cl2N5O/c1-12-5-4-6-13(9-12)17(26)22-7-8-23-18(21-2)24-11-14-10-15(19)16(20)25(14)3/h4-6,9-10H,7-8,11H2,1-3H3,(H,22,26)(H2,21,23,24). The van der Waals surface area contributed by atoms with Crippen LogP contribution in [0.5, 0.6) is 0 Å². The summed E-state index contributed by atoms with van der Waals surface area (Å²) in [6, 6.07) is 9.30. The summed E-state index contributed by atoms with van der Waals surface area (Å²) >= 11 is 12.1. The normalized spacial score (nSPS) is 11.3. The molecule has 0 unspecified atom stereocenters. The molecule has 0 bridgehead atoms. The average molecular weight is 396 g/mol. The minimum Gasteiger partial charge on any atom is -0.355 e. The predicted octanol–water partition coefficient (Wildman–Crippen LogP) is 2.74. The lowest BCUT2D eigenvalue weighted by atomic mass is 10.1. The summed E-state index contributed by atoms with van der Waals surface area (Å²) in [5.41, 5.74) is 2.65. The highest BCUT2D eigenvalue weighted by molar-refractivity contribution is 6.41. The Bertz CT molecular complexity index is 801. The lowest BCUT2D eigenvalue weighted by molar-refractivity contribution is 0.0954. The molecule has 26 heavy (non-hydrogen) atoms. The fourth-order valence-electron chi connectivity index (χ4n) is 2.40. The van der Waals surface area contributed by atoms with Crippen molar-refractivity contribution in [3.63, 3.8) is 0 Å². The summed E-state index contributed by atoms with van der Waals surface area (Å²) < 4.78 is 1.81. The maximum absolute atomic E-state index is 12.1. The average Bonchev–Trinajstić information content (AvgIpc) is 2.87. The number of aromatic nitrogens is 1. The van der Waals surface area contributed by atoms with Crippen molar-refractivity contribution in [3.05, 3.63) is 57.3 Å². The number of guanidine groups is 1. The molecule has 0 aliphatic carbocycles. The SMILES string of the molecule is CN=C(NCCNC(=O)c1cccc(C)c1)NCc1cc(Cl)c(Cl)n1C. The smallest absolute Gasteiger partial charge is 0.251 e. The summed E-state index contributed by atoms with van der Waals surface area (Å²) in [5.74, 6) is 0.537. The molecule has 3 N–H and O–H groups in total. The Morgan fingerprint density at radius 1 is 1.15 bits per heavy atom. The van der Waals surface area contributed by atoms with E-state index in [2.05, 4.69) is 20.9 Å². The van der Waals surface area contributed by atoms with E-state index in [4.69, 9.17) is 23.2 Å². The van der Waals surface area contributed by atoms with Crippen molar-refractivity contribution in [1.29, 1.82) is 0 Å². The number of carbonyl (C=O) groups is 1. The number of halogens is 2. The third kappa shape index (κ3) is 5.41. The molecule has 1 heterocycles. The number of hydrogen-bond acceptors (Lipinski definition) is 2. The molecule has 0 fully saturated rings. The summed E-state index contributed by atoms with van der Waals surface area (Å²) in [6.07, 6.45) is 0. The number of nitrogens with zero attached hydrogens (tertiary/aromatic N) is 2. The molecule has 1 aromatic carbocycles. The highest BCUT2D eigenvalue weighted by atomic mass is 35.5. The fourth-order valence-corrected chi connectivity index (χ4v) is 2.81. The van der Waals surface area contributed by atoms with E-state index < -0.39 is 0 Å². The van der Waals surface area contributed by atoms with Crippen LogP contribution in [0.15, 0.2) is 35.3 Å². The molecule has 0 atom stereocenters. The Kier molecular flexibility index (Phi) is 7.36. The van der Waals surface area contributed by atoms with Gasteiger partial charge in [0.15, 0.2) is 5.96 Å². The molecule has 0 saturated carbocycles. The van der Waals surface area contributed by atoms with Crippen LogP contribution in [-0.4, -0.2) is 36.6 Å².